The first-order valence-corrected chi connectivity index (χ1v) is 5.94. The molecule has 0 aromatic heterocycles. The second-order valence-electron chi connectivity index (χ2n) is 3.98. The Labute approximate surface area is 117 Å². The van der Waals surface area contributed by atoms with Crippen LogP contribution in [0.25, 0.3) is 0 Å². The van der Waals surface area contributed by atoms with Crippen molar-refractivity contribution in [2.24, 2.45) is 5.92 Å². The lowest BCUT2D eigenvalue weighted by Crippen LogP contribution is -2.35. The van der Waals surface area contributed by atoms with Crippen molar-refractivity contribution in [3.05, 3.63) is 33.8 Å². The summed E-state index contributed by atoms with van der Waals surface area (Å²) in [7, 11) is 0. The van der Waals surface area contributed by atoms with Crippen molar-refractivity contribution in [1.29, 1.82) is 0 Å². The number of Topliss-reactive ketones (excluding diaryl/α,β-unsaturated/α-hetero) is 2. The molecule has 0 saturated heterocycles. The third kappa shape index (κ3) is 4.21. The van der Waals surface area contributed by atoms with Crippen LogP contribution < -0.4 is 0 Å². The monoisotopic (exact) mass is 312 g/mol. The maximum atomic E-state index is 12.4. The third-order valence-electron chi connectivity index (χ3n) is 2.51. The Morgan fingerprint density at radius 1 is 1.21 bits per heavy atom. The highest BCUT2D eigenvalue weighted by atomic mass is 35.5. The Kier molecular flexibility index (Phi) is 4.98. The number of carbonyl (C=O) groups is 2. The van der Waals surface area contributed by atoms with Gasteiger partial charge in [-0.3, -0.25) is 9.59 Å². The molecule has 1 aromatic carbocycles. The summed E-state index contributed by atoms with van der Waals surface area (Å²) in [5, 5.41) is 0.396. The molecular weight excluding hydrogens is 304 g/mol. The number of hydrogen-bond acceptors (Lipinski definition) is 2. The van der Waals surface area contributed by atoms with Gasteiger partial charge >= 0.3 is 6.18 Å². The van der Waals surface area contributed by atoms with Crippen LogP contribution in [0.1, 0.15) is 12.5 Å². The van der Waals surface area contributed by atoms with Gasteiger partial charge in [-0.25, -0.2) is 0 Å². The van der Waals surface area contributed by atoms with Crippen LogP contribution in [0.4, 0.5) is 13.2 Å². The van der Waals surface area contributed by atoms with Crippen molar-refractivity contribution in [1.82, 2.24) is 0 Å². The summed E-state index contributed by atoms with van der Waals surface area (Å²) in [6, 6.07) is 4.16. The van der Waals surface area contributed by atoms with Crippen LogP contribution >= 0.6 is 23.2 Å². The van der Waals surface area contributed by atoms with Crippen molar-refractivity contribution in [2.45, 2.75) is 19.5 Å². The van der Waals surface area contributed by atoms with Crippen LogP contribution in [-0.2, 0) is 16.0 Å². The molecule has 104 valence electrons. The molecule has 0 unspecified atom stereocenters. The second-order valence-corrected chi connectivity index (χ2v) is 4.79. The molecule has 0 saturated carbocycles. The van der Waals surface area contributed by atoms with E-state index in [2.05, 4.69) is 0 Å². The molecule has 1 atom stereocenters. The Hall–Kier alpha value is -1.07. The zero-order valence-corrected chi connectivity index (χ0v) is 11.2. The lowest BCUT2D eigenvalue weighted by molar-refractivity contribution is -0.176. The highest BCUT2D eigenvalue weighted by Crippen LogP contribution is 2.27. The molecule has 0 aliphatic heterocycles. The van der Waals surface area contributed by atoms with Gasteiger partial charge in [-0.05, 0) is 31.0 Å². The standard InChI is InChI=1S/C12H9Cl2F3O2/c1-6(18)8(11(19)12(15,16)17)4-7-2-3-9(13)10(14)5-7/h2-3,5,8H,4H2,1H3/t8-/m0/s1. The molecule has 0 aliphatic carbocycles. The Balaban J connectivity index is 3.00. The zero-order chi connectivity index (χ0) is 14.8. The van der Waals surface area contributed by atoms with E-state index in [9.17, 15) is 22.8 Å². The molecule has 0 aliphatic rings. The number of ketones is 2. The van der Waals surface area contributed by atoms with Gasteiger partial charge < -0.3 is 0 Å². The van der Waals surface area contributed by atoms with Crippen LogP contribution in [-0.4, -0.2) is 17.7 Å². The minimum Gasteiger partial charge on any atom is -0.299 e. The van der Waals surface area contributed by atoms with Gasteiger partial charge in [0.05, 0.1) is 16.0 Å². The highest BCUT2D eigenvalue weighted by Gasteiger charge is 2.44. The minimum absolute atomic E-state index is 0.154. The van der Waals surface area contributed by atoms with Crippen molar-refractivity contribution in [3.8, 4) is 0 Å². The summed E-state index contributed by atoms with van der Waals surface area (Å²) in [4.78, 5) is 22.4. The molecule has 0 heterocycles. The minimum atomic E-state index is -5.04. The van der Waals surface area contributed by atoms with E-state index in [-0.39, 0.29) is 16.5 Å². The van der Waals surface area contributed by atoms with Gasteiger partial charge in [-0.1, -0.05) is 29.3 Å². The van der Waals surface area contributed by atoms with E-state index in [4.69, 9.17) is 23.2 Å². The smallest absolute Gasteiger partial charge is 0.299 e. The summed E-state index contributed by atoms with van der Waals surface area (Å²) in [5.41, 5.74) is 0.340. The maximum Gasteiger partial charge on any atom is 0.450 e. The number of alkyl halides is 3. The van der Waals surface area contributed by atoms with Crippen LogP contribution in [0.15, 0.2) is 18.2 Å². The number of rotatable bonds is 4. The molecule has 1 rings (SSSR count). The lowest BCUT2D eigenvalue weighted by atomic mass is 9.91. The van der Waals surface area contributed by atoms with Crippen molar-refractivity contribution < 1.29 is 22.8 Å². The van der Waals surface area contributed by atoms with Gasteiger partial charge in [-0.15, -0.1) is 0 Å². The van der Waals surface area contributed by atoms with Gasteiger partial charge in [-0.2, -0.15) is 13.2 Å². The van der Waals surface area contributed by atoms with Crippen LogP contribution in [0.2, 0.25) is 10.0 Å². The van der Waals surface area contributed by atoms with Crippen LogP contribution in [0.3, 0.4) is 0 Å². The molecule has 0 radical (unpaired) electrons. The third-order valence-corrected chi connectivity index (χ3v) is 3.25. The van der Waals surface area contributed by atoms with E-state index in [1.165, 1.54) is 18.2 Å². The summed E-state index contributed by atoms with van der Waals surface area (Å²) in [5.74, 6) is -4.64. The summed E-state index contributed by atoms with van der Waals surface area (Å²) in [6.45, 7) is 0.950. The van der Waals surface area contributed by atoms with Crippen molar-refractivity contribution in [3.63, 3.8) is 0 Å². The molecule has 1 aromatic rings. The normalized spacial score (nSPS) is 13.2. The van der Waals surface area contributed by atoms with Crippen molar-refractivity contribution in [2.75, 3.05) is 0 Å². The van der Waals surface area contributed by atoms with Gasteiger partial charge in [0.25, 0.3) is 0 Å². The SMILES string of the molecule is CC(=O)[C@H](Cc1ccc(Cl)c(Cl)c1)C(=O)C(F)(F)F. The molecule has 2 nitrogen and oxygen atoms in total. The summed E-state index contributed by atoms with van der Waals surface area (Å²) in [6.07, 6.45) is -5.39. The molecule has 0 spiro atoms. The molecule has 0 N–H and O–H groups in total. The van der Waals surface area contributed by atoms with Crippen LogP contribution in [0.5, 0.6) is 0 Å². The zero-order valence-electron chi connectivity index (χ0n) is 9.72. The second kappa shape index (κ2) is 5.92. The first-order chi connectivity index (χ1) is 8.62. The molecular formula is C12H9Cl2F3O2. The average molecular weight is 313 g/mol. The van der Waals surface area contributed by atoms with Gasteiger partial charge in [0.1, 0.15) is 5.78 Å². The lowest BCUT2D eigenvalue weighted by Gasteiger charge is -2.15. The van der Waals surface area contributed by atoms with Gasteiger partial charge in [0, 0.05) is 0 Å². The topological polar surface area (TPSA) is 34.1 Å². The largest absolute Gasteiger partial charge is 0.450 e. The predicted octanol–water partition coefficient (Wildman–Crippen LogP) is 3.87. The predicted molar refractivity (Wildman–Crippen MR) is 65.4 cm³/mol. The molecule has 19 heavy (non-hydrogen) atoms. The Morgan fingerprint density at radius 2 is 1.79 bits per heavy atom. The Bertz CT molecular complexity index is 512. The van der Waals surface area contributed by atoms with Crippen molar-refractivity contribution >= 4 is 34.8 Å². The van der Waals surface area contributed by atoms with Gasteiger partial charge in [0.2, 0.25) is 5.78 Å². The number of hydrogen-bond donors (Lipinski definition) is 0. The van der Waals surface area contributed by atoms with E-state index < -0.39 is 23.7 Å². The average Bonchev–Trinajstić information content (AvgIpc) is 2.28. The quantitative estimate of drug-likeness (QED) is 0.791. The molecule has 0 fully saturated rings. The van der Waals surface area contributed by atoms with E-state index in [0.29, 0.717) is 5.56 Å². The van der Waals surface area contributed by atoms with E-state index >= 15 is 0 Å². The fourth-order valence-electron chi connectivity index (χ4n) is 1.52. The highest BCUT2D eigenvalue weighted by molar-refractivity contribution is 6.42. The van der Waals surface area contributed by atoms with E-state index in [0.717, 1.165) is 6.92 Å². The molecule has 7 heteroatoms. The molecule has 0 bridgehead atoms. The van der Waals surface area contributed by atoms with E-state index in [1.54, 1.807) is 0 Å². The van der Waals surface area contributed by atoms with Crippen LogP contribution in [0, 0.1) is 5.92 Å². The first-order valence-electron chi connectivity index (χ1n) is 5.18. The maximum absolute atomic E-state index is 12.4. The van der Waals surface area contributed by atoms with Gasteiger partial charge in [0.15, 0.2) is 0 Å². The fourth-order valence-corrected chi connectivity index (χ4v) is 1.84. The first kappa shape index (κ1) is 16.0. The summed E-state index contributed by atoms with van der Waals surface area (Å²) >= 11 is 11.4. The number of carbonyl (C=O) groups excluding carboxylic acids is 2. The number of halogens is 5. The number of benzene rings is 1. The fraction of sp³-hybridized carbons (Fsp3) is 0.333. The Morgan fingerprint density at radius 3 is 2.21 bits per heavy atom. The molecule has 0 amide bonds. The summed E-state index contributed by atoms with van der Waals surface area (Å²) < 4.78 is 37.1. The van der Waals surface area contributed by atoms with E-state index in [1.807, 2.05) is 0 Å².